The van der Waals surface area contributed by atoms with Gasteiger partial charge in [-0.25, -0.2) is 8.42 Å². The molecule has 0 unspecified atom stereocenters. The van der Waals surface area contributed by atoms with Gasteiger partial charge in [0.25, 0.3) is 5.91 Å². The number of sulfonamides is 1. The van der Waals surface area contributed by atoms with Gasteiger partial charge in [0.15, 0.2) is 0 Å². The second-order valence-electron chi connectivity index (χ2n) is 5.05. The summed E-state index contributed by atoms with van der Waals surface area (Å²) in [6, 6.07) is 13.5. The van der Waals surface area contributed by atoms with E-state index in [1.54, 1.807) is 38.1 Å². The maximum atomic E-state index is 12.4. The van der Waals surface area contributed by atoms with Gasteiger partial charge < -0.3 is 5.32 Å². The van der Waals surface area contributed by atoms with E-state index in [0.717, 1.165) is 3.57 Å². The van der Waals surface area contributed by atoms with Gasteiger partial charge in [-0.1, -0.05) is 26.0 Å². The third-order valence-electron chi connectivity index (χ3n) is 3.57. The molecule has 2 aromatic carbocycles. The molecule has 0 atom stereocenters. The summed E-state index contributed by atoms with van der Waals surface area (Å²) >= 11 is 2.10. The Balaban J connectivity index is 2.18. The number of halogens is 1. The number of benzene rings is 2. The number of rotatable bonds is 6. The normalized spacial score (nSPS) is 11.5. The van der Waals surface area contributed by atoms with E-state index >= 15 is 0 Å². The van der Waals surface area contributed by atoms with E-state index in [9.17, 15) is 13.2 Å². The Bertz CT molecular complexity index is 816. The first-order valence-corrected chi connectivity index (χ1v) is 10.1. The van der Waals surface area contributed by atoms with Crippen molar-refractivity contribution in [1.82, 2.24) is 4.31 Å². The molecule has 128 valence electrons. The fourth-order valence-electron chi connectivity index (χ4n) is 2.27. The molecule has 0 radical (unpaired) electrons. The topological polar surface area (TPSA) is 66.5 Å². The van der Waals surface area contributed by atoms with Crippen LogP contribution in [0.3, 0.4) is 0 Å². The van der Waals surface area contributed by atoms with Gasteiger partial charge in [-0.3, -0.25) is 4.79 Å². The molecule has 1 N–H and O–H groups in total. The number of nitrogens with zero attached hydrogens (tertiary/aromatic N) is 1. The van der Waals surface area contributed by atoms with Gasteiger partial charge in [0.05, 0.1) is 10.5 Å². The minimum atomic E-state index is -3.49. The molecule has 1 amide bonds. The molecular formula is C17H19IN2O3S. The summed E-state index contributed by atoms with van der Waals surface area (Å²) in [5.74, 6) is -0.223. The Morgan fingerprint density at radius 2 is 1.62 bits per heavy atom. The monoisotopic (exact) mass is 458 g/mol. The first-order chi connectivity index (χ1) is 11.4. The Morgan fingerprint density at radius 3 is 2.17 bits per heavy atom. The molecule has 2 aromatic rings. The molecule has 0 saturated carbocycles. The van der Waals surface area contributed by atoms with E-state index in [-0.39, 0.29) is 10.8 Å². The minimum Gasteiger partial charge on any atom is -0.322 e. The zero-order chi connectivity index (χ0) is 17.7. The predicted molar refractivity (Wildman–Crippen MR) is 104 cm³/mol. The number of anilines is 1. The quantitative estimate of drug-likeness (QED) is 0.674. The van der Waals surface area contributed by atoms with Crippen LogP contribution in [0, 0.1) is 3.57 Å². The summed E-state index contributed by atoms with van der Waals surface area (Å²) in [6.45, 7) is 4.45. The number of hydrogen-bond donors (Lipinski definition) is 1. The van der Waals surface area contributed by atoms with Gasteiger partial charge >= 0.3 is 0 Å². The van der Waals surface area contributed by atoms with Crippen LogP contribution < -0.4 is 5.32 Å². The molecule has 0 heterocycles. The van der Waals surface area contributed by atoms with Gasteiger partial charge in [-0.05, 0) is 59.0 Å². The van der Waals surface area contributed by atoms with Crippen LogP contribution in [0.4, 0.5) is 5.69 Å². The lowest BCUT2D eigenvalue weighted by Crippen LogP contribution is -2.30. The smallest absolute Gasteiger partial charge is 0.256 e. The van der Waals surface area contributed by atoms with Crippen LogP contribution in [0.15, 0.2) is 53.4 Å². The van der Waals surface area contributed by atoms with Crippen LogP contribution in [0.25, 0.3) is 0 Å². The van der Waals surface area contributed by atoms with Gasteiger partial charge in [0, 0.05) is 22.3 Å². The van der Waals surface area contributed by atoms with E-state index in [0.29, 0.717) is 24.3 Å². The summed E-state index contributed by atoms with van der Waals surface area (Å²) in [4.78, 5) is 12.5. The van der Waals surface area contributed by atoms with Crippen LogP contribution in [-0.2, 0) is 10.0 Å². The van der Waals surface area contributed by atoms with E-state index < -0.39 is 10.0 Å². The molecule has 0 spiro atoms. The zero-order valence-electron chi connectivity index (χ0n) is 13.5. The third-order valence-corrected chi connectivity index (χ3v) is 6.58. The molecule has 0 aromatic heterocycles. The van der Waals surface area contributed by atoms with E-state index in [1.165, 1.54) is 16.4 Å². The Kier molecular flexibility index (Phi) is 6.36. The standard InChI is InChI=1S/C17H19IN2O3S/c1-3-20(4-2)24(22,23)14-11-9-13(10-12-14)19-17(21)15-7-5-6-8-16(15)18/h5-12H,3-4H2,1-2H3,(H,19,21). The molecule has 0 aliphatic carbocycles. The predicted octanol–water partition coefficient (Wildman–Crippen LogP) is 3.57. The van der Waals surface area contributed by atoms with Crippen LogP contribution in [-0.4, -0.2) is 31.7 Å². The van der Waals surface area contributed by atoms with Gasteiger partial charge in [0.1, 0.15) is 0 Å². The number of carbonyl (C=O) groups excluding carboxylic acids is 1. The average Bonchev–Trinajstić information content (AvgIpc) is 2.56. The molecule has 0 aliphatic rings. The molecule has 24 heavy (non-hydrogen) atoms. The fraction of sp³-hybridized carbons (Fsp3) is 0.235. The summed E-state index contributed by atoms with van der Waals surface area (Å²) in [7, 11) is -3.49. The molecule has 0 bridgehead atoms. The average molecular weight is 458 g/mol. The number of hydrogen-bond acceptors (Lipinski definition) is 3. The third kappa shape index (κ3) is 4.14. The molecular weight excluding hydrogens is 439 g/mol. The van der Waals surface area contributed by atoms with Gasteiger partial charge in [-0.15, -0.1) is 0 Å². The zero-order valence-corrected chi connectivity index (χ0v) is 16.5. The first-order valence-electron chi connectivity index (χ1n) is 7.56. The molecule has 2 rings (SSSR count). The lowest BCUT2D eigenvalue weighted by atomic mass is 10.2. The highest BCUT2D eigenvalue weighted by atomic mass is 127. The SMILES string of the molecule is CCN(CC)S(=O)(=O)c1ccc(NC(=O)c2ccccc2I)cc1. The highest BCUT2D eigenvalue weighted by molar-refractivity contribution is 14.1. The van der Waals surface area contributed by atoms with Crippen molar-refractivity contribution in [3.05, 3.63) is 57.7 Å². The Labute approximate surface area is 156 Å². The largest absolute Gasteiger partial charge is 0.322 e. The van der Waals surface area contributed by atoms with Crippen LogP contribution in [0.1, 0.15) is 24.2 Å². The van der Waals surface area contributed by atoms with Crippen molar-refractivity contribution in [3.63, 3.8) is 0 Å². The molecule has 0 fully saturated rings. The van der Waals surface area contributed by atoms with Crippen LogP contribution in [0.2, 0.25) is 0 Å². The van der Waals surface area contributed by atoms with Crippen LogP contribution in [0.5, 0.6) is 0 Å². The minimum absolute atomic E-state index is 0.221. The van der Waals surface area contributed by atoms with Crippen molar-refractivity contribution in [2.75, 3.05) is 18.4 Å². The highest BCUT2D eigenvalue weighted by Gasteiger charge is 2.21. The fourth-order valence-corrected chi connectivity index (χ4v) is 4.36. The van der Waals surface area contributed by atoms with E-state index in [4.69, 9.17) is 0 Å². The molecule has 7 heteroatoms. The Morgan fingerprint density at radius 1 is 1.04 bits per heavy atom. The maximum Gasteiger partial charge on any atom is 0.256 e. The maximum absolute atomic E-state index is 12.4. The number of amides is 1. The van der Waals surface area contributed by atoms with Crippen molar-refractivity contribution in [2.45, 2.75) is 18.7 Å². The van der Waals surface area contributed by atoms with E-state index in [2.05, 4.69) is 27.9 Å². The lowest BCUT2D eigenvalue weighted by molar-refractivity contribution is 0.102. The number of nitrogens with one attached hydrogen (secondary N) is 1. The molecule has 5 nitrogen and oxygen atoms in total. The second-order valence-corrected chi connectivity index (χ2v) is 8.15. The molecule has 0 saturated heterocycles. The Hall–Kier alpha value is -1.45. The summed E-state index contributed by atoms with van der Waals surface area (Å²) < 4.78 is 27.1. The number of carbonyl (C=O) groups is 1. The van der Waals surface area contributed by atoms with Crippen molar-refractivity contribution in [3.8, 4) is 0 Å². The summed E-state index contributed by atoms with van der Waals surface area (Å²) in [6.07, 6.45) is 0. The lowest BCUT2D eigenvalue weighted by Gasteiger charge is -2.18. The van der Waals surface area contributed by atoms with Gasteiger partial charge in [0.2, 0.25) is 10.0 Å². The van der Waals surface area contributed by atoms with Crippen LogP contribution >= 0.6 is 22.6 Å². The van der Waals surface area contributed by atoms with Crippen molar-refractivity contribution < 1.29 is 13.2 Å². The van der Waals surface area contributed by atoms with Crippen molar-refractivity contribution >= 4 is 44.2 Å². The second kappa shape index (κ2) is 8.09. The van der Waals surface area contributed by atoms with Gasteiger partial charge in [-0.2, -0.15) is 4.31 Å². The molecule has 0 aliphatic heterocycles. The highest BCUT2D eigenvalue weighted by Crippen LogP contribution is 2.19. The van der Waals surface area contributed by atoms with E-state index in [1.807, 2.05) is 12.1 Å². The first kappa shape index (κ1) is 18.9. The summed E-state index contributed by atoms with van der Waals surface area (Å²) in [5, 5.41) is 2.78. The summed E-state index contributed by atoms with van der Waals surface area (Å²) in [5.41, 5.74) is 1.14. The van der Waals surface area contributed by atoms with Crippen molar-refractivity contribution in [1.29, 1.82) is 0 Å². The van der Waals surface area contributed by atoms with Crippen molar-refractivity contribution in [2.24, 2.45) is 0 Å².